The molecule has 0 spiro atoms. The van der Waals surface area contributed by atoms with Crippen molar-refractivity contribution in [1.82, 2.24) is 4.90 Å². The van der Waals surface area contributed by atoms with Gasteiger partial charge in [-0.15, -0.1) is 0 Å². The molecule has 1 aliphatic rings. The van der Waals surface area contributed by atoms with E-state index in [1.54, 1.807) is 0 Å². The van der Waals surface area contributed by atoms with Gasteiger partial charge in [0.15, 0.2) is 0 Å². The molecule has 1 aromatic rings. The number of hydrogen-bond acceptors (Lipinski definition) is 1. The Labute approximate surface area is 93.1 Å². The standard InChI is InChI=1S/C14H21N/c1-12(2)11-15-10-6-9-14(15)13-7-4-3-5-8-13/h3-5,7-8,12,14H,6,9-11H2,1-2H3/t14-/m0/s1. The second kappa shape index (κ2) is 4.80. The van der Waals surface area contributed by atoms with Crippen LogP contribution in [0, 0.1) is 5.92 Å². The summed E-state index contributed by atoms with van der Waals surface area (Å²) in [6.07, 6.45) is 2.68. The minimum absolute atomic E-state index is 0.675. The van der Waals surface area contributed by atoms with Crippen molar-refractivity contribution in [3.8, 4) is 0 Å². The molecule has 82 valence electrons. The number of benzene rings is 1. The highest BCUT2D eigenvalue weighted by Crippen LogP contribution is 2.31. The molecule has 1 heterocycles. The lowest BCUT2D eigenvalue weighted by atomic mass is 10.0. The Morgan fingerprint density at radius 2 is 2.00 bits per heavy atom. The molecule has 1 saturated heterocycles. The first-order valence-electron chi connectivity index (χ1n) is 6.06. The van der Waals surface area contributed by atoms with Crippen molar-refractivity contribution in [2.24, 2.45) is 5.92 Å². The first-order chi connectivity index (χ1) is 7.27. The molecule has 0 aromatic heterocycles. The van der Waals surface area contributed by atoms with Crippen LogP contribution in [-0.2, 0) is 0 Å². The fourth-order valence-corrected chi connectivity index (χ4v) is 2.57. The lowest BCUT2D eigenvalue weighted by Gasteiger charge is -2.26. The third-order valence-electron chi connectivity index (χ3n) is 3.15. The maximum absolute atomic E-state index is 2.64. The summed E-state index contributed by atoms with van der Waals surface area (Å²) in [4.78, 5) is 2.64. The van der Waals surface area contributed by atoms with Gasteiger partial charge in [-0.1, -0.05) is 44.2 Å². The Morgan fingerprint density at radius 1 is 1.27 bits per heavy atom. The Kier molecular flexibility index (Phi) is 3.42. The van der Waals surface area contributed by atoms with Crippen molar-refractivity contribution in [2.45, 2.75) is 32.7 Å². The fourth-order valence-electron chi connectivity index (χ4n) is 2.57. The molecular formula is C14H21N. The third-order valence-corrected chi connectivity index (χ3v) is 3.15. The monoisotopic (exact) mass is 203 g/mol. The second-order valence-electron chi connectivity index (χ2n) is 4.96. The van der Waals surface area contributed by atoms with Gasteiger partial charge >= 0.3 is 0 Å². The lowest BCUT2D eigenvalue weighted by molar-refractivity contribution is 0.229. The van der Waals surface area contributed by atoms with E-state index in [9.17, 15) is 0 Å². The molecule has 0 N–H and O–H groups in total. The molecule has 0 aliphatic carbocycles. The maximum atomic E-state index is 2.64. The van der Waals surface area contributed by atoms with Crippen LogP contribution in [0.15, 0.2) is 30.3 Å². The minimum atomic E-state index is 0.675. The third kappa shape index (κ3) is 2.60. The molecule has 15 heavy (non-hydrogen) atoms. The molecule has 0 unspecified atom stereocenters. The van der Waals surface area contributed by atoms with E-state index in [4.69, 9.17) is 0 Å². The zero-order chi connectivity index (χ0) is 10.7. The van der Waals surface area contributed by atoms with Gasteiger partial charge < -0.3 is 0 Å². The summed E-state index contributed by atoms with van der Waals surface area (Å²) in [5.74, 6) is 0.773. The van der Waals surface area contributed by atoms with Crippen molar-refractivity contribution >= 4 is 0 Å². The van der Waals surface area contributed by atoms with Gasteiger partial charge in [0, 0.05) is 12.6 Å². The molecule has 1 heteroatoms. The summed E-state index contributed by atoms with van der Waals surface area (Å²) >= 11 is 0. The summed E-state index contributed by atoms with van der Waals surface area (Å²) in [6, 6.07) is 11.6. The summed E-state index contributed by atoms with van der Waals surface area (Å²) < 4.78 is 0. The summed E-state index contributed by atoms with van der Waals surface area (Å²) in [7, 11) is 0. The predicted molar refractivity (Wildman–Crippen MR) is 64.8 cm³/mol. The van der Waals surface area contributed by atoms with Gasteiger partial charge in [0.25, 0.3) is 0 Å². The zero-order valence-electron chi connectivity index (χ0n) is 9.82. The highest BCUT2D eigenvalue weighted by molar-refractivity contribution is 5.19. The number of hydrogen-bond donors (Lipinski definition) is 0. The molecule has 1 nitrogen and oxygen atoms in total. The van der Waals surface area contributed by atoms with Gasteiger partial charge in [0.2, 0.25) is 0 Å². The molecule has 2 rings (SSSR count). The topological polar surface area (TPSA) is 3.24 Å². The van der Waals surface area contributed by atoms with E-state index in [0.29, 0.717) is 6.04 Å². The molecule has 1 aliphatic heterocycles. The fraction of sp³-hybridized carbons (Fsp3) is 0.571. The van der Waals surface area contributed by atoms with Crippen LogP contribution in [0.2, 0.25) is 0 Å². The van der Waals surface area contributed by atoms with Gasteiger partial charge in [-0.2, -0.15) is 0 Å². The van der Waals surface area contributed by atoms with Crippen LogP contribution in [0.3, 0.4) is 0 Å². The predicted octanol–water partition coefficient (Wildman–Crippen LogP) is 3.48. The van der Waals surface area contributed by atoms with Crippen LogP contribution < -0.4 is 0 Å². The van der Waals surface area contributed by atoms with E-state index in [1.165, 1.54) is 31.5 Å². The van der Waals surface area contributed by atoms with E-state index in [-0.39, 0.29) is 0 Å². The Hall–Kier alpha value is -0.820. The Morgan fingerprint density at radius 3 is 2.67 bits per heavy atom. The molecule has 1 atom stereocenters. The van der Waals surface area contributed by atoms with Crippen molar-refractivity contribution in [3.05, 3.63) is 35.9 Å². The maximum Gasteiger partial charge on any atom is 0.0348 e. The zero-order valence-corrected chi connectivity index (χ0v) is 9.82. The van der Waals surface area contributed by atoms with Crippen LogP contribution >= 0.6 is 0 Å². The van der Waals surface area contributed by atoms with Crippen LogP contribution in [0.1, 0.15) is 38.3 Å². The smallest absolute Gasteiger partial charge is 0.0348 e. The van der Waals surface area contributed by atoms with Gasteiger partial charge in [0.1, 0.15) is 0 Å². The lowest BCUT2D eigenvalue weighted by Crippen LogP contribution is -2.27. The molecule has 0 radical (unpaired) electrons. The molecule has 0 amide bonds. The van der Waals surface area contributed by atoms with Crippen molar-refractivity contribution in [2.75, 3.05) is 13.1 Å². The molecule has 0 saturated carbocycles. The summed E-state index contributed by atoms with van der Waals surface area (Å²) in [6.45, 7) is 7.12. The van der Waals surface area contributed by atoms with E-state index in [2.05, 4.69) is 49.1 Å². The van der Waals surface area contributed by atoms with Gasteiger partial charge in [-0.05, 0) is 30.9 Å². The Bertz CT molecular complexity index is 291. The van der Waals surface area contributed by atoms with E-state index in [1.807, 2.05) is 0 Å². The first kappa shape index (κ1) is 10.7. The van der Waals surface area contributed by atoms with Crippen LogP contribution in [0.5, 0.6) is 0 Å². The SMILES string of the molecule is CC(C)CN1CCC[C@H]1c1ccccc1. The van der Waals surface area contributed by atoms with Crippen LogP contribution in [0.25, 0.3) is 0 Å². The van der Waals surface area contributed by atoms with Gasteiger partial charge in [-0.25, -0.2) is 0 Å². The van der Waals surface area contributed by atoms with Gasteiger partial charge in [0.05, 0.1) is 0 Å². The Balaban J connectivity index is 2.08. The normalized spacial score (nSPS) is 22.5. The quantitative estimate of drug-likeness (QED) is 0.727. The molecule has 0 bridgehead atoms. The minimum Gasteiger partial charge on any atom is -0.296 e. The molecular weight excluding hydrogens is 182 g/mol. The van der Waals surface area contributed by atoms with Gasteiger partial charge in [-0.3, -0.25) is 4.90 Å². The number of rotatable bonds is 3. The van der Waals surface area contributed by atoms with E-state index < -0.39 is 0 Å². The average Bonchev–Trinajstić information content (AvgIpc) is 2.66. The summed E-state index contributed by atoms with van der Waals surface area (Å²) in [5.41, 5.74) is 1.50. The average molecular weight is 203 g/mol. The van der Waals surface area contributed by atoms with Crippen molar-refractivity contribution < 1.29 is 0 Å². The summed E-state index contributed by atoms with van der Waals surface area (Å²) in [5, 5.41) is 0. The number of likely N-dealkylation sites (tertiary alicyclic amines) is 1. The first-order valence-corrected chi connectivity index (χ1v) is 6.06. The highest BCUT2D eigenvalue weighted by atomic mass is 15.2. The van der Waals surface area contributed by atoms with Crippen LogP contribution in [0.4, 0.5) is 0 Å². The number of nitrogens with zero attached hydrogens (tertiary/aromatic N) is 1. The van der Waals surface area contributed by atoms with E-state index >= 15 is 0 Å². The van der Waals surface area contributed by atoms with Crippen LogP contribution in [-0.4, -0.2) is 18.0 Å². The second-order valence-corrected chi connectivity index (χ2v) is 4.96. The largest absolute Gasteiger partial charge is 0.296 e. The van der Waals surface area contributed by atoms with Crippen molar-refractivity contribution in [3.63, 3.8) is 0 Å². The van der Waals surface area contributed by atoms with E-state index in [0.717, 1.165) is 5.92 Å². The molecule has 1 aromatic carbocycles. The highest BCUT2D eigenvalue weighted by Gasteiger charge is 2.25. The van der Waals surface area contributed by atoms with Crippen molar-refractivity contribution in [1.29, 1.82) is 0 Å². The molecule has 1 fully saturated rings.